The molecule has 4 rings (SSSR count). The van der Waals surface area contributed by atoms with Crippen LogP contribution in [0.3, 0.4) is 0 Å². The Hall–Kier alpha value is -2.35. The lowest BCUT2D eigenvalue weighted by Gasteiger charge is -2.28. The molecule has 1 saturated carbocycles. The van der Waals surface area contributed by atoms with E-state index in [1.165, 1.54) is 6.07 Å². The molecule has 0 radical (unpaired) electrons. The van der Waals surface area contributed by atoms with Gasteiger partial charge in [-0.1, -0.05) is 13.8 Å². The van der Waals surface area contributed by atoms with Gasteiger partial charge in [0.25, 0.3) is 5.56 Å². The summed E-state index contributed by atoms with van der Waals surface area (Å²) in [5, 5.41) is 0.148. The second-order valence-electron chi connectivity index (χ2n) is 9.12. The van der Waals surface area contributed by atoms with Gasteiger partial charge in [-0.25, -0.2) is 9.18 Å². The van der Waals surface area contributed by atoms with Gasteiger partial charge in [0, 0.05) is 30.7 Å². The molecule has 152 valence electrons. The van der Waals surface area contributed by atoms with Crippen LogP contribution in [0.1, 0.15) is 45.2 Å². The smallest absolute Gasteiger partial charge is 0.350 e. The second-order valence-corrected chi connectivity index (χ2v) is 9.12. The number of rotatable bonds is 3. The Kier molecular flexibility index (Phi) is 4.12. The van der Waals surface area contributed by atoms with Gasteiger partial charge in [0.05, 0.1) is 16.6 Å². The number of anilines is 1. The summed E-state index contributed by atoms with van der Waals surface area (Å²) in [6, 6.07) is 1.22. The van der Waals surface area contributed by atoms with E-state index >= 15 is 4.39 Å². The van der Waals surface area contributed by atoms with Crippen LogP contribution in [0.15, 0.2) is 15.7 Å². The lowest BCUT2D eigenvalue weighted by molar-refractivity contribution is 0.256. The minimum Gasteiger partial charge on any atom is -0.368 e. The lowest BCUT2D eigenvalue weighted by atomic mass is 9.78. The molecule has 0 bridgehead atoms. The van der Waals surface area contributed by atoms with Gasteiger partial charge in [0.15, 0.2) is 0 Å². The molecular formula is C20H28FN5O2. The summed E-state index contributed by atoms with van der Waals surface area (Å²) in [4.78, 5) is 27.2. The summed E-state index contributed by atoms with van der Waals surface area (Å²) in [6.07, 6.45) is 1.70. The molecule has 0 spiro atoms. The summed E-state index contributed by atoms with van der Waals surface area (Å²) < 4.78 is 17.4. The van der Waals surface area contributed by atoms with E-state index in [0.29, 0.717) is 34.5 Å². The van der Waals surface area contributed by atoms with Crippen LogP contribution in [-0.2, 0) is 0 Å². The van der Waals surface area contributed by atoms with Crippen LogP contribution in [0.5, 0.6) is 0 Å². The lowest BCUT2D eigenvalue weighted by Crippen LogP contribution is -2.44. The first-order valence-corrected chi connectivity index (χ1v) is 9.80. The van der Waals surface area contributed by atoms with Crippen molar-refractivity contribution >= 4 is 16.6 Å². The normalized spacial score (nSPS) is 22.8. The first kappa shape index (κ1) is 19.0. The molecule has 7 nitrogen and oxygen atoms in total. The number of aryl methyl sites for hydroxylation is 1. The predicted octanol–water partition coefficient (Wildman–Crippen LogP) is 1.47. The zero-order chi connectivity index (χ0) is 20.5. The molecule has 2 aliphatic rings. The second kappa shape index (κ2) is 6.07. The van der Waals surface area contributed by atoms with Crippen molar-refractivity contribution in [3.63, 3.8) is 0 Å². The van der Waals surface area contributed by atoms with Gasteiger partial charge in [-0.15, -0.1) is 0 Å². The molecule has 2 heterocycles. The van der Waals surface area contributed by atoms with E-state index in [9.17, 15) is 9.59 Å². The monoisotopic (exact) mass is 389 g/mol. The van der Waals surface area contributed by atoms with Crippen LogP contribution in [-0.4, -0.2) is 28.4 Å². The summed E-state index contributed by atoms with van der Waals surface area (Å²) in [5.41, 5.74) is 6.46. The van der Waals surface area contributed by atoms with Crippen molar-refractivity contribution in [2.45, 2.75) is 52.6 Å². The number of nitrogen functional groups attached to an aromatic ring is 1. The first-order chi connectivity index (χ1) is 13.0. The average Bonchev–Trinajstić information content (AvgIpc) is 3.37. The summed E-state index contributed by atoms with van der Waals surface area (Å²) in [7, 11) is 0. The van der Waals surface area contributed by atoms with Crippen molar-refractivity contribution in [1.29, 1.82) is 0 Å². The summed E-state index contributed by atoms with van der Waals surface area (Å²) >= 11 is 0. The highest BCUT2D eigenvalue weighted by Crippen LogP contribution is 2.43. The number of fused-ring (bicyclic) bond motifs is 1. The topological polar surface area (TPSA) is 99.3 Å². The van der Waals surface area contributed by atoms with E-state index in [2.05, 4.69) is 13.8 Å². The Labute approximate surface area is 162 Å². The highest BCUT2D eigenvalue weighted by Gasteiger charge is 2.42. The number of benzene rings is 1. The molecule has 8 heteroatoms. The average molecular weight is 389 g/mol. The molecular weight excluding hydrogens is 361 g/mol. The third-order valence-electron chi connectivity index (χ3n) is 6.45. The van der Waals surface area contributed by atoms with E-state index in [1.807, 2.05) is 11.8 Å². The molecule has 0 amide bonds. The molecule has 1 saturated heterocycles. The molecule has 1 aliphatic carbocycles. The van der Waals surface area contributed by atoms with Crippen molar-refractivity contribution in [2.75, 3.05) is 23.8 Å². The molecule has 1 aromatic carbocycles. The van der Waals surface area contributed by atoms with Gasteiger partial charge in [-0.3, -0.25) is 9.36 Å². The molecule has 1 aromatic heterocycles. The van der Waals surface area contributed by atoms with Crippen molar-refractivity contribution < 1.29 is 4.39 Å². The number of nitrogens with zero attached hydrogens (tertiary/aromatic N) is 3. The largest absolute Gasteiger partial charge is 0.368 e. The van der Waals surface area contributed by atoms with Crippen molar-refractivity contribution in [3.8, 4) is 0 Å². The Morgan fingerprint density at radius 1 is 1.29 bits per heavy atom. The molecule has 2 aromatic rings. The molecule has 2 unspecified atom stereocenters. The van der Waals surface area contributed by atoms with Crippen LogP contribution in [0.4, 0.5) is 10.1 Å². The van der Waals surface area contributed by atoms with Gasteiger partial charge < -0.3 is 16.5 Å². The Morgan fingerprint density at radius 3 is 2.46 bits per heavy atom. The molecule has 4 N–H and O–H groups in total. The first-order valence-electron chi connectivity index (χ1n) is 9.80. The summed E-state index contributed by atoms with van der Waals surface area (Å²) in [5.74, 6) is 5.43. The fourth-order valence-corrected chi connectivity index (χ4v) is 4.92. The van der Waals surface area contributed by atoms with E-state index in [1.54, 1.807) is 11.5 Å². The highest BCUT2D eigenvalue weighted by atomic mass is 19.1. The zero-order valence-electron chi connectivity index (χ0n) is 16.8. The van der Waals surface area contributed by atoms with E-state index < -0.39 is 17.1 Å². The number of halogens is 1. The van der Waals surface area contributed by atoms with Crippen LogP contribution < -0.4 is 27.7 Å². The number of hydrogen-bond donors (Lipinski definition) is 2. The van der Waals surface area contributed by atoms with Gasteiger partial charge in [0.1, 0.15) is 5.82 Å². The SMILES string of the molecule is Cc1c(N2CC(C(C)N)C(C)(C)C2)c(F)cc2c(=O)n(N)c(=O)n(C3CC3)c12. The minimum absolute atomic E-state index is 0.00856. The third kappa shape index (κ3) is 2.65. The van der Waals surface area contributed by atoms with E-state index in [-0.39, 0.29) is 28.8 Å². The van der Waals surface area contributed by atoms with Crippen LogP contribution in [0, 0.1) is 24.1 Å². The maximum absolute atomic E-state index is 15.2. The number of hydrogen-bond acceptors (Lipinski definition) is 5. The summed E-state index contributed by atoms with van der Waals surface area (Å²) in [6.45, 7) is 9.34. The van der Waals surface area contributed by atoms with Crippen LogP contribution >= 0.6 is 0 Å². The van der Waals surface area contributed by atoms with Crippen molar-refractivity contribution in [1.82, 2.24) is 9.24 Å². The van der Waals surface area contributed by atoms with Gasteiger partial charge in [-0.05, 0) is 44.1 Å². The molecule has 2 atom stereocenters. The van der Waals surface area contributed by atoms with E-state index in [4.69, 9.17) is 11.6 Å². The minimum atomic E-state index is -0.666. The van der Waals surface area contributed by atoms with Gasteiger partial charge >= 0.3 is 5.69 Å². The highest BCUT2D eigenvalue weighted by molar-refractivity contribution is 5.87. The molecule has 1 aliphatic heterocycles. The van der Waals surface area contributed by atoms with Crippen LogP contribution in [0.25, 0.3) is 10.9 Å². The third-order valence-corrected chi connectivity index (χ3v) is 6.45. The standard InChI is InChI=1S/C20H28FN5O2/c1-10-16-13(18(27)26(23)19(28)25(16)12-5-6-12)7-15(21)17(10)24-8-14(11(2)22)20(3,4)9-24/h7,11-12,14H,5-6,8-9,22-23H2,1-4H3. The molecule has 28 heavy (non-hydrogen) atoms. The quantitative estimate of drug-likeness (QED) is 0.775. The van der Waals surface area contributed by atoms with Gasteiger partial charge in [0.2, 0.25) is 0 Å². The van der Waals surface area contributed by atoms with E-state index in [0.717, 1.165) is 12.8 Å². The van der Waals surface area contributed by atoms with Crippen molar-refractivity contribution in [2.24, 2.45) is 17.1 Å². The van der Waals surface area contributed by atoms with Crippen molar-refractivity contribution in [3.05, 3.63) is 38.3 Å². The Balaban J connectivity index is 1.97. The Bertz CT molecular complexity index is 1080. The maximum atomic E-state index is 15.2. The predicted molar refractivity (Wildman–Crippen MR) is 109 cm³/mol. The fraction of sp³-hybridized carbons (Fsp3) is 0.600. The maximum Gasteiger partial charge on any atom is 0.350 e. The zero-order valence-corrected chi connectivity index (χ0v) is 16.8. The number of aromatic nitrogens is 2. The molecule has 2 fully saturated rings. The number of nitrogens with two attached hydrogens (primary N) is 2. The van der Waals surface area contributed by atoms with Crippen LogP contribution in [0.2, 0.25) is 0 Å². The van der Waals surface area contributed by atoms with Gasteiger partial charge in [-0.2, -0.15) is 4.68 Å². The Morgan fingerprint density at radius 2 is 1.93 bits per heavy atom. The fourth-order valence-electron chi connectivity index (χ4n) is 4.92.